The Bertz CT molecular complexity index is 814. The molecule has 0 aliphatic carbocycles. The molecule has 106 valence electrons. The fourth-order valence-corrected chi connectivity index (χ4v) is 3.45. The number of thiazole rings is 1. The van der Waals surface area contributed by atoms with Crippen LogP contribution in [0.5, 0.6) is 0 Å². The van der Waals surface area contributed by atoms with Crippen molar-refractivity contribution in [3.63, 3.8) is 0 Å². The molecule has 0 aliphatic heterocycles. The molecule has 1 nitrogen and oxygen atoms in total. The van der Waals surface area contributed by atoms with Gasteiger partial charge in [-0.05, 0) is 31.2 Å². The fraction of sp³-hybridized carbons (Fsp3) is 0.0625. The van der Waals surface area contributed by atoms with E-state index in [-0.39, 0.29) is 0 Å². The Balaban J connectivity index is 2.09. The lowest BCUT2D eigenvalue weighted by molar-refractivity contribution is 0.509. The van der Waals surface area contributed by atoms with Gasteiger partial charge in [0.05, 0.1) is 5.69 Å². The molecule has 0 bridgehead atoms. The van der Waals surface area contributed by atoms with Gasteiger partial charge in [-0.25, -0.2) is 13.8 Å². The highest BCUT2D eigenvalue weighted by atomic mass is 79.9. The van der Waals surface area contributed by atoms with E-state index in [0.29, 0.717) is 10.6 Å². The summed E-state index contributed by atoms with van der Waals surface area (Å²) in [5.74, 6) is -1.71. The van der Waals surface area contributed by atoms with Crippen LogP contribution >= 0.6 is 27.3 Å². The zero-order valence-corrected chi connectivity index (χ0v) is 13.4. The third-order valence-corrected chi connectivity index (χ3v) is 4.80. The van der Waals surface area contributed by atoms with Crippen molar-refractivity contribution in [3.05, 3.63) is 63.4 Å². The van der Waals surface area contributed by atoms with Gasteiger partial charge in [-0.1, -0.05) is 34.1 Å². The first-order valence-corrected chi connectivity index (χ1v) is 7.85. The minimum atomic E-state index is -0.859. The van der Waals surface area contributed by atoms with Crippen LogP contribution in [0.3, 0.4) is 0 Å². The standard InChI is InChI=1S/C16H10BrF2NS/c1-9-15(11-4-2-3-5-12(11)17)20-16(21-9)10-6-7-13(18)14(19)8-10/h2-8H,1H3. The van der Waals surface area contributed by atoms with E-state index in [0.717, 1.165) is 26.7 Å². The second-order valence-electron chi connectivity index (χ2n) is 4.53. The summed E-state index contributed by atoms with van der Waals surface area (Å²) in [6.45, 7) is 1.97. The first-order valence-electron chi connectivity index (χ1n) is 6.24. The van der Waals surface area contributed by atoms with Gasteiger partial charge in [0.25, 0.3) is 0 Å². The summed E-state index contributed by atoms with van der Waals surface area (Å²) >= 11 is 4.97. The number of rotatable bonds is 2. The van der Waals surface area contributed by atoms with Gasteiger partial charge < -0.3 is 0 Å². The monoisotopic (exact) mass is 365 g/mol. The highest BCUT2D eigenvalue weighted by Crippen LogP contribution is 2.36. The van der Waals surface area contributed by atoms with Crippen molar-refractivity contribution in [2.24, 2.45) is 0 Å². The first kappa shape index (κ1) is 14.4. The van der Waals surface area contributed by atoms with Gasteiger partial charge in [0.1, 0.15) is 5.01 Å². The molecule has 0 spiro atoms. The molecular weight excluding hydrogens is 356 g/mol. The Morgan fingerprint density at radius 1 is 1.05 bits per heavy atom. The molecule has 5 heteroatoms. The van der Waals surface area contributed by atoms with Crippen LogP contribution in [0.15, 0.2) is 46.9 Å². The average molecular weight is 366 g/mol. The van der Waals surface area contributed by atoms with E-state index in [1.807, 2.05) is 31.2 Å². The van der Waals surface area contributed by atoms with Gasteiger partial charge in [-0.15, -0.1) is 11.3 Å². The van der Waals surface area contributed by atoms with Crippen LogP contribution in [-0.2, 0) is 0 Å². The van der Waals surface area contributed by atoms with Crippen molar-refractivity contribution in [1.82, 2.24) is 4.98 Å². The van der Waals surface area contributed by atoms with E-state index >= 15 is 0 Å². The Kier molecular flexibility index (Phi) is 3.87. The Hall–Kier alpha value is -1.59. The molecule has 1 heterocycles. The molecule has 0 radical (unpaired) electrons. The quantitative estimate of drug-likeness (QED) is 0.556. The van der Waals surface area contributed by atoms with Crippen LogP contribution in [0.1, 0.15) is 4.88 Å². The number of nitrogens with zero attached hydrogens (tertiary/aromatic N) is 1. The molecule has 0 unspecified atom stereocenters. The summed E-state index contributed by atoms with van der Waals surface area (Å²) in [5, 5.41) is 0.678. The van der Waals surface area contributed by atoms with Gasteiger partial charge in [0.2, 0.25) is 0 Å². The first-order chi connectivity index (χ1) is 10.1. The van der Waals surface area contributed by atoms with E-state index in [4.69, 9.17) is 0 Å². The molecule has 21 heavy (non-hydrogen) atoms. The second kappa shape index (κ2) is 5.66. The molecule has 0 fully saturated rings. The summed E-state index contributed by atoms with van der Waals surface area (Å²) in [5.41, 5.74) is 2.42. The zero-order chi connectivity index (χ0) is 15.0. The van der Waals surface area contributed by atoms with E-state index in [1.54, 1.807) is 6.07 Å². The smallest absolute Gasteiger partial charge is 0.159 e. The van der Waals surface area contributed by atoms with Crippen molar-refractivity contribution in [1.29, 1.82) is 0 Å². The molecular formula is C16H10BrF2NS. The lowest BCUT2D eigenvalue weighted by atomic mass is 10.1. The summed E-state index contributed by atoms with van der Waals surface area (Å²) in [4.78, 5) is 5.61. The number of hydrogen-bond acceptors (Lipinski definition) is 2. The minimum absolute atomic E-state index is 0.584. The highest BCUT2D eigenvalue weighted by Gasteiger charge is 2.14. The van der Waals surface area contributed by atoms with Gasteiger partial charge in [-0.2, -0.15) is 0 Å². The predicted octanol–water partition coefficient (Wildman–Crippen LogP) is 5.83. The topological polar surface area (TPSA) is 12.9 Å². The Labute approximate surface area is 133 Å². The second-order valence-corrected chi connectivity index (χ2v) is 6.59. The summed E-state index contributed by atoms with van der Waals surface area (Å²) in [6.07, 6.45) is 0. The molecule has 0 saturated carbocycles. The summed E-state index contributed by atoms with van der Waals surface area (Å²) in [6, 6.07) is 11.6. The molecule has 3 rings (SSSR count). The highest BCUT2D eigenvalue weighted by molar-refractivity contribution is 9.10. The number of halogens is 3. The average Bonchev–Trinajstić information content (AvgIpc) is 2.84. The van der Waals surface area contributed by atoms with Crippen LogP contribution in [-0.4, -0.2) is 4.98 Å². The lowest BCUT2D eigenvalue weighted by Crippen LogP contribution is -1.86. The maximum absolute atomic E-state index is 13.4. The third-order valence-electron chi connectivity index (χ3n) is 3.09. The van der Waals surface area contributed by atoms with Crippen LogP contribution in [0, 0.1) is 18.6 Å². The van der Waals surface area contributed by atoms with E-state index < -0.39 is 11.6 Å². The maximum atomic E-state index is 13.4. The zero-order valence-electron chi connectivity index (χ0n) is 11.0. The summed E-state index contributed by atoms with van der Waals surface area (Å²) < 4.78 is 27.3. The molecule has 1 aromatic heterocycles. The van der Waals surface area contributed by atoms with Crippen molar-refractivity contribution >= 4 is 27.3 Å². The SMILES string of the molecule is Cc1sc(-c2ccc(F)c(F)c2)nc1-c1ccccc1Br. The van der Waals surface area contributed by atoms with Crippen molar-refractivity contribution in [3.8, 4) is 21.8 Å². The number of aromatic nitrogens is 1. The molecule has 0 atom stereocenters. The predicted molar refractivity (Wildman–Crippen MR) is 85.3 cm³/mol. The van der Waals surface area contributed by atoms with Gasteiger partial charge in [0, 0.05) is 20.5 Å². The molecule has 0 amide bonds. The number of hydrogen-bond donors (Lipinski definition) is 0. The molecule has 0 N–H and O–H groups in total. The van der Waals surface area contributed by atoms with Crippen molar-refractivity contribution in [2.75, 3.05) is 0 Å². The maximum Gasteiger partial charge on any atom is 0.159 e. The van der Waals surface area contributed by atoms with Crippen LogP contribution < -0.4 is 0 Å². The molecule has 0 saturated heterocycles. The largest absolute Gasteiger partial charge is 0.236 e. The lowest BCUT2D eigenvalue weighted by Gasteiger charge is -2.01. The molecule has 3 aromatic rings. The van der Waals surface area contributed by atoms with Crippen molar-refractivity contribution < 1.29 is 8.78 Å². The normalized spacial score (nSPS) is 10.9. The molecule has 0 aliphatic rings. The fourth-order valence-electron chi connectivity index (χ4n) is 2.05. The summed E-state index contributed by atoms with van der Waals surface area (Å²) in [7, 11) is 0. The minimum Gasteiger partial charge on any atom is -0.236 e. The third kappa shape index (κ3) is 2.76. The Morgan fingerprint density at radius 2 is 1.81 bits per heavy atom. The van der Waals surface area contributed by atoms with Crippen LogP contribution in [0.4, 0.5) is 8.78 Å². The number of benzene rings is 2. The molecule has 2 aromatic carbocycles. The van der Waals surface area contributed by atoms with Gasteiger partial charge in [-0.3, -0.25) is 0 Å². The van der Waals surface area contributed by atoms with E-state index in [1.165, 1.54) is 17.4 Å². The number of aryl methyl sites for hydroxylation is 1. The van der Waals surface area contributed by atoms with E-state index in [2.05, 4.69) is 20.9 Å². The van der Waals surface area contributed by atoms with Crippen LogP contribution in [0.25, 0.3) is 21.8 Å². The van der Waals surface area contributed by atoms with Crippen LogP contribution in [0.2, 0.25) is 0 Å². The van der Waals surface area contributed by atoms with Gasteiger partial charge in [0.15, 0.2) is 11.6 Å². The van der Waals surface area contributed by atoms with Gasteiger partial charge >= 0.3 is 0 Å². The van der Waals surface area contributed by atoms with Crippen molar-refractivity contribution in [2.45, 2.75) is 6.92 Å². The van der Waals surface area contributed by atoms with E-state index in [9.17, 15) is 8.78 Å². The Morgan fingerprint density at radius 3 is 2.52 bits per heavy atom.